The van der Waals surface area contributed by atoms with Gasteiger partial charge in [0, 0.05) is 11.4 Å². The van der Waals surface area contributed by atoms with Crippen LogP contribution in [0.25, 0.3) is 0 Å². The Bertz CT molecular complexity index is 489. The van der Waals surface area contributed by atoms with Gasteiger partial charge in [-0.05, 0) is 51.8 Å². The van der Waals surface area contributed by atoms with Crippen molar-refractivity contribution in [2.75, 3.05) is 5.88 Å². The van der Waals surface area contributed by atoms with Crippen LogP contribution in [-0.2, 0) is 11.4 Å². The van der Waals surface area contributed by atoms with Gasteiger partial charge < -0.3 is 4.55 Å². The average Bonchev–Trinajstić information content (AvgIpc) is 2.36. The van der Waals surface area contributed by atoms with Gasteiger partial charge >= 0.3 is 0 Å². The summed E-state index contributed by atoms with van der Waals surface area (Å²) in [5.41, 5.74) is 0.337. The fourth-order valence-electron chi connectivity index (χ4n) is 1.42. The summed E-state index contributed by atoms with van der Waals surface area (Å²) in [6.07, 6.45) is 0.906. The number of rotatable bonds is 5. The smallest absolute Gasteiger partial charge is 0.144 e. The van der Waals surface area contributed by atoms with Gasteiger partial charge in [0.25, 0.3) is 0 Å². The van der Waals surface area contributed by atoms with E-state index in [9.17, 15) is 13.3 Å². The Morgan fingerprint density at radius 3 is 2.55 bits per heavy atom. The molecule has 2 nitrogen and oxygen atoms in total. The molecule has 6 heteroatoms. The Morgan fingerprint density at radius 1 is 1.35 bits per heavy atom. The Balaban J connectivity index is 3.18. The number of hydrogen-bond acceptors (Lipinski definition) is 2. The van der Waals surface area contributed by atoms with E-state index in [1.165, 1.54) is 0 Å². The number of benzene rings is 1. The molecule has 0 radical (unpaired) electrons. The molecule has 0 saturated carbocycles. The number of alkyl halides is 1. The van der Waals surface area contributed by atoms with Gasteiger partial charge in [-0.1, -0.05) is 4.40 Å². The van der Waals surface area contributed by atoms with Crippen molar-refractivity contribution in [2.45, 2.75) is 38.4 Å². The zero-order valence-corrected chi connectivity index (χ0v) is 13.3. The van der Waals surface area contributed by atoms with Gasteiger partial charge in [0.05, 0.1) is 0 Å². The van der Waals surface area contributed by atoms with Gasteiger partial charge in [-0.3, -0.25) is 0 Å². The Kier molecular flexibility index (Phi) is 6.43. The van der Waals surface area contributed by atoms with Crippen molar-refractivity contribution in [3.05, 3.63) is 35.4 Å². The van der Waals surface area contributed by atoms with E-state index in [0.29, 0.717) is 18.7 Å². The minimum Gasteiger partial charge on any atom is -0.591 e. The molecule has 0 aromatic heterocycles. The van der Waals surface area contributed by atoms with Gasteiger partial charge in [0.15, 0.2) is 0 Å². The number of halogens is 3. The van der Waals surface area contributed by atoms with Crippen LogP contribution >= 0.6 is 11.6 Å². The zero-order chi connectivity index (χ0) is 15.3. The minimum absolute atomic E-state index is 0.0488. The van der Waals surface area contributed by atoms with Crippen LogP contribution in [0.2, 0.25) is 0 Å². The summed E-state index contributed by atoms with van der Waals surface area (Å²) in [7, 11) is 0. The average molecular weight is 322 g/mol. The summed E-state index contributed by atoms with van der Waals surface area (Å²) in [6.45, 7) is 5.31. The fraction of sp³-hybridized carbons (Fsp3) is 0.500. The van der Waals surface area contributed by atoms with Crippen LogP contribution in [0.4, 0.5) is 8.78 Å². The molecule has 1 rings (SSSR count). The molecule has 0 N–H and O–H groups in total. The third-order valence-corrected chi connectivity index (χ3v) is 4.20. The van der Waals surface area contributed by atoms with E-state index in [0.717, 1.165) is 18.2 Å². The molecule has 20 heavy (non-hydrogen) atoms. The van der Waals surface area contributed by atoms with E-state index >= 15 is 0 Å². The van der Waals surface area contributed by atoms with Crippen molar-refractivity contribution in [1.82, 2.24) is 0 Å². The lowest BCUT2D eigenvalue weighted by Gasteiger charge is -2.19. The fourth-order valence-corrected chi connectivity index (χ4v) is 2.22. The van der Waals surface area contributed by atoms with Gasteiger partial charge in [-0.2, -0.15) is 0 Å². The molecule has 0 aliphatic carbocycles. The molecule has 1 aromatic rings. The van der Waals surface area contributed by atoms with Crippen molar-refractivity contribution < 1.29 is 13.3 Å². The molecule has 1 aromatic carbocycles. The van der Waals surface area contributed by atoms with E-state index in [1.54, 1.807) is 20.8 Å². The second-order valence-corrected chi connectivity index (χ2v) is 7.60. The summed E-state index contributed by atoms with van der Waals surface area (Å²) >= 11 is 4.10. The van der Waals surface area contributed by atoms with E-state index < -0.39 is 27.7 Å². The molecule has 0 unspecified atom stereocenters. The zero-order valence-electron chi connectivity index (χ0n) is 11.8. The molecule has 112 valence electrons. The summed E-state index contributed by atoms with van der Waals surface area (Å²) < 4.78 is 42.7. The summed E-state index contributed by atoms with van der Waals surface area (Å²) in [4.78, 5) is 0. The topological polar surface area (TPSA) is 35.4 Å². The van der Waals surface area contributed by atoms with E-state index in [-0.39, 0.29) is 11.3 Å². The van der Waals surface area contributed by atoms with E-state index in [1.807, 2.05) is 0 Å². The quantitative estimate of drug-likeness (QED) is 0.454. The van der Waals surface area contributed by atoms with Crippen molar-refractivity contribution in [2.24, 2.45) is 4.40 Å². The van der Waals surface area contributed by atoms with Gasteiger partial charge in [0.2, 0.25) is 0 Å². The van der Waals surface area contributed by atoms with Gasteiger partial charge in [-0.15, -0.1) is 11.6 Å². The lowest BCUT2D eigenvalue weighted by Crippen LogP contribution is -2.27. The van der Waals surface area contributed by atoms with Crippen LogP contribution in [0, 0.1) is 11.6 Å². The van der Waals surface area contributed by atoms with Crippen LogP contribution in [0.1, 0.15) is 39.2 Å². The molecule has 0 aliphatic rings. The Hall–Kier alpha value is -0.650. The predicted octanol–water partition coefficient (Wildman–Crippen LogP) is 4.24. The molecule has 0 spiro atoms. The number of nitrogens with zero attached hydrogens (tertiary/aromatic N) is 1. The second-order valence-electron chi connectivity index (χ2n) is 5.32. The largest absolute Gasteiger partial charge is 0.591 e. The number of hydrogen-bond donors (Lipinski definition) is 0. The van der Waals surface area contributed by atoms with Crippen LogP contribution in [0.3, 0.4) is 0 Å². The van der Waals surface area contributed by atoms with E-state index in [2.05, 4.69) is 4.40 Å². The monoisotopic (exact) mass is 321 g/mol. The van der Waals surface area contributed by atoms with Gasteiger partial charge in [0.1, 0.15) is 33.5 Å². The first-order valence-corrected chi connectivity index (χ1v) is 7.91. The van der Waals surface area contributed by atoms with Crippen molar-refractivity contribution in [3.8, 4) is 0 Å². The van der Waals surface area contributed by atoms with E-state index in [4.69, 9.17) is 11.6 Å². The molecular weight excluding hydrogens is 304 g/mol. The maximum atomic E-state index is 13.8. The van der Waals surface area contributed by atoms with Crippen molar-refractivity contribution >= 4 is 28.7 Å². The lowest BCUT2D eigenvalue weighted by atomic mass is 10.1. The molecule has 0 aliphatic heterocycles. The highest BCUT2D eigenvalue weighted by molar-refractivity contribution is 7.91. The highest BCUT2D eigenvalue weighted by Gasteiger charge is 2.28. The standard InChI is InChI=1S/C14H18ClF2NOS/c1-14(2,3)20(19)18-13(5-4-8-15)11-9-10(16)6-7-12(11)17/h6-7,9H,4-5,8H2,1-3H3/b18-13+/t20-/m0/s1. The molecule has 0 bridgehead atoms. The van der Waals surface area contributed by atoms with Crippen molar-refractivity contribution in [3.63, 3.8) is 0 Å². The van der Waals surface area contributed by atoms with Crippen LogP contribution < -0.4 is 0 Å². The van der Waals surface area contributed by atoms with Crippen LogP contribution in [0.5, 0.6) is 0 Å². The third kappa shape index (κ3) is 5.04. The first kappa shape index (κ1) is 17.4. The SMILES string of the molecule is CC(C)(C)[S@+]([O-])/N=C(\CCCCl)c1cc(F)ccc1F. The molecule has 0 amide bonds. The second kappa shape index (κ2) is 7.38. The maximum Gasteiger partial charge on any atom is 0.144 e. The van der Waals surface area contributed by atoms with Gasteiger partial charge in [-0.25, -0.2) is 8.78 Å². The first-order valence-electron chi connectivity index (χ1n) is 6.26. The highest BCUT2D eigenvalue weighted by atomic mass is 35.5. The summed E-state index contributed by atoms with van der Waals surface area (Å²) in [5.74, 6) is -0.759. The third-order valence-electron chi connectivity index (χ3n) is 2.50. The molecule has 0 saturated heterocycles. The molecule has 1 atom stereocenters. The summed E-state index contributed by atoms with van der Waals surface area (Å²) in [5, 5.41) is 0. The van der Waals surface area contributed by atoms with Crippen LogP contribution in [-0.4, -0.2) is 20.9 Å². The lowest BCUT2D eigenvalue weighted by molar-refractivity contribution is 0.561. The molecule has 0 fully saturated rings. The molecular formula is C14H18ClF2NOS. The Morgan fingerprint density at radius 2 is 2.00 bits per heavy atom. The highest BCUT2D eigenvalue weighted by Crippen LogP contribution is 2.21. The first-order chi connectivity index (χ1) is 9.25. The van der Waals surface area contributed by atoms with Crippen LogP contribution in [0.15, 0.2) is 22.6 Å². The minimum atomic E-state index is -1.53. The van der Waals surface area contributed by atoms with Crippen molar-refractivity contribution in [1.29, 1.82) is 0 Å². The molecule has 0 heterocycles. The summed E-state index contributed by atoms with van der Waals surface area (Å²) in [6, 6.07) is 3.15. The predicted molar refractivity (Wildman–Crippen MR) is 80.7 cm³/mol. The maximum absolute atomic E-state index is 13.8. The normalized spacial score (nSPS) is 14.4. The Labute approximate surface area is 126 Å².